The first-order valence-electron chi connectivity index (χ1n) is 9.44. The highest BCUT2D eigenvalue weighted by atomic mass is 16.3. The normalized spacial score (nSPS) is 32.0. The summed E-state index contributed by atoms with van der Waals surface area (Å²) in [5.41, 5.74) is 0.287. The lowest BCUT2D eigenvalue weighted by Gasteiger charge is -2.39. The molecule has 130 valence electrons. The van der Waals surface area contributed by atoms with Gasteiger partial charge in [-0.3, -0.25) is 9.69 Å². The Morgan fingerprint density at radius 1 is 1.17 bits per heavy atom. The molecule has 24 heavy (non-hydrogen) atoms. The van der Waals surface area contributed by atoms with Crippen molar-refractivity contribution in [1.82, 2.24) is 10.2 Å². The minimum atomic E-state index is -1.07. The van der Waals surface area contributed by atoms with E-state index in [1.54, 1.807) is 0 Å². The summed E-state index contributed by atoms with van der Waals surface area (Å²) in [7, 11) is 0. The number of carbonyl (C=O) groups is 1. The van der Waals surface area contributed by atoms with Crippen molar-refractivity contribution < 1.29 is 9.90 Å². The van der Waals surface area contributed by atoms with Gasteiger partial charge < -0.3 is 10.4 Å². The van der Waals surface area contributed by atoms with Crippen molar-refractivity contribution in [2.75, 3.05) is 13.1 Å². The van der Waals surface area contributed by atoms with Gasteiger partial charge in [-0.2, -0.15) is 0 Å². The number of carbonyl (C=O) groups excluding carboxylic acids is 1. The number of nitrogens with one attached hydrogen (secondary N) is 1. The van der Waals surface area contributed by atoms with Crippen LogP contribution in [0, 0.1) is 11.8 Å². The number of nitrogens with zero attached hydrogens (tertiary/aromatic N) is 1. The van der Waals surface area contributed by atoms with Gasteiger partial charge in [-0.05, 0) is 49.5 Å². The molecule has 0 radical (unpaired) electrons. The van der Waals surface area contributed by atoms with E-state index in [4.69, 9.17) is 0 Å². The fraction of sp³-hybridized carbons (Fsp3) is 0.650. The standard InChI is InChI=1S/C20H28N2O2/c23-19(20(24)10-5-11-20)21-18-9-4-8-16-13-22(14-17(16)18)12-15-6-2-1-3-7-15/h1-3,6-7,16-18,24H,4-5,8-14H2,(H,21,23)/t16-,17+,18+/m0/s1. The van der Waals surface area contributed by atoms with Crippen LogP contribution in [0.1, 0.15) is 44.1 Å². The Morgan fingerprint density at radius 2 is 1.96 bits per heavy atom. The first kappa shape index (κ1) is 16.1. The molecule has 1 aromatic carbocycles. The Hall–Kier alpha value is -1.39. The third kappa shape index (κ3) is 3.09. The number of likely N-dealkylation sites (tertiary alicyclic amines) is 1. The zero-order valence-corrected chi connectivity index (χ0v) is 14.3. The maximum Gasteiger partial charge on any atom is 0.252 e. The van der Waals surface area contributed by atoms with E-state index >= 15 is 0 Å². The Kier molecular flexibility index (Phi) is 4.35. The molecule has 1 aromatic rings. The monoisotopic (exact) mass is 328 g/mol. The number of hydrogen-bond donors (Lipinski definition) is 2. The molecule has 2 N–H and O–H groups in total. The highest BCUT2D eigenvalue weighted by Gasteiger charge is 2.46. The molecule has 1 heterocycles. The molecule has 4 heteroatoms. The lowest BCUT2D eigenvalue weighted by Crippen LogP contribution is -2.56. The molecule has 0 unspecified atom stereocenters. The van der Waals surface area contributed by atoms with Gasteiger partial charge in [0.1, 0.15) is 5.60 Å². The summed E-state index contributed by atoms with van der Waals surface area (Å²) >= 11 is 0. The van der Waals surface area contributed by atoms with Crippen molar-refractivity contribution in [3.8, 4) is 0 Å². The number of hydrogen-bond acceptors (Lipinski definition) is 3. The van der Waals surface area contributed by atoms with E-state index in [9.17, 15) is 9.90 Å². The number of fused-ring (bicyclic) bond motifs is 1. The first-order chi connectivity index (χ1) is 11.6. The molecule has 2 aliphatic carbocycles. The van der Waals surface area contributed by atoms with Gasteiger partial charge in [0.2, 0.25) is 0 Å². The average Bonchev–Trinajstić information content (AvgIpc) is 2.97. The Balaban J connectivity index is 1.38. The van der Waals surface area contributed by atoms with Crippen LogP contribution in [0.4, 0.5) is 0 Å². The van der Waals surface area contributed by atoms with E-state index in [-0.39, 0.29) is 11.9 Å². The maximum absolute atomic E-state index is 12.4. The van der Waals surface area contributed by atoms with Crippen LogP contribution >= 0.6 is 0 Å². The van der Waals surface area contributed by atoms with Crippen LogP contribution in [-0.2, 0) is 11.3 Å². The molecule has 0 aromatic heterocycles. The molecular formula is C20H28N2O2. The Labute approximate surface area is 144 Å². The zero-order valence-electron chi connectivity index (χ0n) is 14.3. The van der Waals surface area contributed by atoms with Crippen molar-refractivity contribution in [1.29, 1.82) is 0 Å². The van der Waals surface area contributed by atoms with Crippen LogP contribution < -0.4 is 5.32 Å². The van der Waals surface area contributed by atoms with Crippen molar-refractivity contribution in [3.05, 3.63) is 35.9 Å². The molecule has 3 fully saturated rings. The molecule has 4 rings (SSSR count). The van der Waals surface area contributed by atoms with E-state index in [1.807, 2.05) is 0 Å². The number of amides is 1. The van der Waals surface area contributed by atoms with Gasteiger partial charge in [0, 0.05) is 25.7 Å². The van der Waals surface area contributed by atoms with E-state index < -0.39 is 5.60 Å². The van der Waals surface area contributed by atoms with E-state index in [1.165, 1.54) is 18.4 Å². The third-order valence-electron chi connectivity index (χ3n) is 6.34. The van der Waals surface area contributed by atoms with Crippen molar-refractivity contribution in [3.63, 3.8) is 0 Å². The van der Waals surface area contributed by atoms with Crippen molar-refractivity contribution >= 4 is 5.91 Å². The summed E-state index contributed by atoms with van der Waals surface area (Å²) in [5.74, 6) is 1.10. The predicted octanol–water partition coefficient (Wildman–Crippen LogP) is 2.32. The fourth-order valence-electron chi connectivity index (χ4n) is 4.76. The summed E-state index contributed by atoms with van der Waals surface area (Å²) in [6.45, 7) is 3.19. The van der Waals surface area contributed by atoms with Gasteiger partial charge in [0.15, 0.2) is 0 Å². The van der Waals surface area contributed by atoms with Crippen LogP contribution in [-0.4, -0.2) is 40.6 Å². The zero-order chi connectivity index (χ0) is 16.6. The van der Waals surface area contributed by atoms with Crippen LogP contribution in [0.2, 0.25) is 0 Å². The average molecular weight is 328 g/mol. The quantitative estimate of drug-likeness (QED) is 0.892. The smallest absolute Gasteiger partial charge is 0.252 e. The molecule has 3 aliphatic rings. The van der Waals surface area contributed by atoms with Crippen LogP contribution in [0.5, 0.6) is 0 Å². The number of rotatable bonds is 4. The van der Waals surface area contributed by atoms with Gasteiger partial charge in [-0.1, -0.05) is 36.8 Å². The highest BCUT2D eigenvalue weighted by Crippen LogP contribution is 2.38. The van der Waals surface area contributed by atoms with Gasteiger partial charge in [0.25, 0.3) is 5.91 Å². The van der Waals surface area contributed by atoms with Gasteiger partial charge in [-0.25, -0.2) is 0 Å². The molecule has 4 nitrogen and oxygen atoms in total. The molecule has 1 aliphatic heterocycles. The second kappa shape index (κ2) is 6.49. The minimum Gasteiger partial charge on any atom is -0.380 e. The summed E-state index contributed by atoms with van der Waals surface area (Å²) < 4.78 is 0. The summed E-state index contributed by atoms with van der Waals surface area (Å²) in [6.07, 6.45) is 5.73. The minimum absolute atomic E-state index is 0.124. The third-order valence-corrected chi connectivity index (χ3v) is 6.34. The summed E-state index contributed by atoms with van der Waals surface area (Å²) in [6, 6.07) is 10.9. The molecule has 0 bridgehead atoms. The van der Waals surface area contributed by atoms with Gasteiger partial charge in [-0.15, -0.1) is 0 Å². The van der Waals surface area contributed by atoms with Gasteiger partial charge in [0.05, 0.1) is 0 Å². The SMILES string of the molecule is O=C(N[C@@H]1CCC[C@H]2CN(Cc3ccccc3)C[C@H]21)C1(O)CCC1. The van der Waals surface area contributed by atoms with Crippen molar-refractivity contribution in [2.45, 2.75) is 56.7 Å². The summed E-state index contributed by atoms with van der Waals surface area (Å²) in [4.78, 5) is 14.9. The van der Waals surface area contributed by atoms with E-state index in [0.29, 0.717) is 24.7 Å². The number of benzene rings is 1. The van der Waals surface area contributed by atoms with E-state index in [2.05, 4.69) is 40.5 Å². The second-order valence-corrected chi connectivity index (χ2v) is 8.00. The fourth-order valence-corrected chi connectivity index (χ4v) is 4.76. The number of aliphatic hydroxyl groups is 1. The van der Waals surface area contributed by atoms with Crippen LogP contribution in [0.15, 0.2) is 30.3 Å². The van der Waals surface area contributed by atoms with Crippen LogP contribution in [0.3, 0.4) is 0 Å². The molecular weight excluding hydrogens is 300 g/mol. The molecule has 2 saturated carbocycles. The topological polar surface area (TPSA) is 52.6 Å². The second-order valence-electron chi connectivity index (χ2n) is 8.00. The van der Waals surface area contributed by atoms with Crippen molar-refractivity contribution in [2.24, 2.45) is 11.8 Å². The van der Waals surface area contributed by atoms with E-state index in [0.717, 1.165) is 32.5 Å². The molecule has 0 spiro atoms. The lowest BCUT2D eigenvalue weighted by atomic mass is 9.76. The molecule has 3 atom stereocenters. The predicted molar refractivity (Wildman–Crippen MR) is 93.3 cm³/mol. The Bertz CT molecular complexity index is 585. The lowest BCUT2D eigenvalue weighted by molar-refractivity contribution is -0.150. The highest BCUT2D eigenvalue weighted by molar-refractivity contribution is 5.86. The summed E-state index contributed by atoms with van der Waals surface area (Å²) in [5, 5.41) is 13.5. The molecule has 1 amide bonds. The maximum atomic E-state index is 12.4. The van der Waals surface area contributed by atoms with Gasteiger partial charge >= 0.3 is 0 Å². The Morgan fingerprint density at radius 3 is 2.67 bits per heavy atom. The molecule has 1 saturated heterocycles. The first-order valence-corrected chi connectivity index (χ1v) is 9.44. The largest absolute Gasteiger partial charge is 0.380 e. The van der Waals surface area contributed by atoms with Crippen LogP contribution in [0.25, 0.3) is 0 Å².